The van der Waals surface area contributed by atoms with E-state index in [4.69, 9.17) is 23.1 Å². The Morgan fingerprint density at radius 1 is 1.28 bits per heavy atom. The van der Waals surface area contributed by atoms with Crippen LogP contribution in [-0.2, 0) is 11.3 Å². The lowest BCUT2D eigenvalue weighted by molar-refractivity contribution is -0.126. The van der Waals surface area contributed by atoms with Crippen LogP contribution in [0.3, 0.4) is 0 Å². The van der Waals surface area contributed by atoms with Crippen molar-refractivity contribution in [3.8, 4) is 0 Å². The topological polar surface area (TPSA) is 131 Å². The third kappa shape index (κ3) is 5.39. The molecule has 0 radical (unpaired) electrons. The summed E-state index contributed by atoms with van der Waals surface area (Å²) < 4.78 is 3.94. The highest BCUT2D eigenvalue weighted by molar-refractivity contribution is 7.09. The Bertz CT molecular complexity index is 990. The number of nitrogens with two attached hydrogens (primary N) is 2. The summed E-state index contributed by atoms with van der Waals surface area (Å²) in [5.74, 6) is -1.48. The normalized spacial score (nSPS) is 14.8. The van der Waals surface area contributed by atoms with E-state index in [9.17, 15) is 14.4 Å². The second-order valence-electron chi connectivity index (χ2n) is 7.96. The van der Waals surface area contributed by atoms with Gasteiger partial charge in [0.15, 0.2) is 5.69 Å². The molecule has 172 valence electrons. The first-order valence-electron chi connectivity index (χ1n) is 10.7. The average molecular weight is 478 g/mol. The van der Waals surface area contributed by atoms with Crippen molar-refractivity contribution in [2.75, 3.05) is 5.73 Å². The standard InChI is InChI=1S/C22H28ClN5O3S/c1-2-7-16(21(30)26-14-9-4-5-10-14)28(12-13-8-3-6-11-15(13)23)22(31)19-17(24)18(20(25)29)27-32-19/h3,6,8,11,14,16H,2,4-5,7,9-10,12,24H2,1H3,(H2,25,29)(H,26,30)/t16-/m1/s1. The van der Waals surface area contributed by atoms with Gasteiger partial charge in [-0.2, -0.15) is 4.37 Å². The Morgan fingerprint density at radius 2 is 1.97 bits per heavy atom. The molecule has 0 aliphatic heterocycles. The number of carbonyl (C=O) groups is 3. The Balaban J connectivity index is 1.97. The second kappa shape index (κ2) is 10.8. The molecule has 1 fully saturated rings. The average Bonchev–Trinajstić information content (AvgIpc) is 3.40. The summed E-state index contributed by atoms with van der Waals surface area (Å²) in [6.07, 6.45) is 5.20. The molecule has 1 heterocycles. The highest BCUT2D eigenvalue weighted by Crippen LogP contribution is 2.28. The van der Waals surface area contributed by atoms with Gasteiger partial charge in [0.1, 0.15) is 10.9 Å². The molecule has 8 nitrogen and oxygen atoms in total. The maximum atomic E-state index is 13.6. The molecule has 1 saturated carbocycles. The highest BCUT2D eigenvalue weighted by atomic mass is 35.5. The van der Waals surface area contributed by atoms with Crippen LogP contribution in [0.2, 0.25) is 5.02 Å². The fourth-order valence-corrected chi connectivity index (χ4v) is 4.92. The number of hydrogen-bond donors (Lipinski definition) is 3. The van der Waals surface area contributed by atoms with Crippen LogP contribution in [0, 0.1) is 0 Å². The van der Waals surface area contributed by atoms with E-state index in [-0.39, 0.29) is 34.8 Å². The van der Waals surface area contributed by atoms with Crippen molar-refractivity contribution in [1.82, 2.24) is 14.6 Å². The van der Waals surface area contributed by atoms with Crippen LogP contribution in [0.25, 0.3) is 0 Å². The summed E-state index contributed by atoms with van der Waals surface area (Å²) in [7, 11) is 0. The number of aromatic nitrogens is 1. The largest absolute Gasteiger partial charge is 0.395 e. The van der Waals surface area contributed by atoms with Crippen LogP contribution in [0.5, 0.6) is 0 Å². The van der Waals surface area contributed by atoms with Crippen molar-refractivity contribution >= 4 is 46.5 Å². The minimum Gasteiger partial charge on any atom is -0.395 e. The number of anilines is 1. The van der Waals surface area contributed by atoms with Gasteiger partial charge < -0.3 is 21.7 Å². The van der Waals surface area contributed by atoms with Gasteiger partial charge in [0.05, 0.1) is 5.69 Å². The number of amides is 3. The van der Waals surface area contributed by atoms with Gasteiger partial charge in [-0.25, -0.2) is 0 Å². The number of primary amides is 1. The lowest BCUT2D eigenvalue weighted by Crippen LogP contribution is -2.51. The second-order valence-corrected chi connectivity index (χ2v) is 9.14. The molecule has 32 heavy (non-hydrogen) atoms. The molecule has 2 aromatic rings. The molecule has 0 unspecified atom stereocenters. The molecule has 1 atom stereocenters. The van der Waals surface area contributed by atoms with E-state index >= 15 is 0 Å². The van der Waals surface area contributed by atoms with Crippen LogP contribution < -0.4 is 16.8 Å². The fraction of sp³-hybridized carbons (Fsp3) is 0.455. The van der Waals surface area contributed by atoms with E-state index in [1.807, 2.05) is 19.1 Å². The minimum absolute atomic E-state index is 0.0666. The van der Waals surface area contributed by atoms with Crippen molar-refractivity contribution in [3.63, 3.8) is 0 Å². The van der Waals surface area contributed by atoms with Gasteiger partial charge in [-0.3, -0.25) is 14.4 Å². The van der Waals surface area contributed by atoms with Crippen molar-refractivity contribution in [1.29, 1.82) is 0 Å². The van der Waals surface area contributed by atoms with E-state index in [0.29, 0.717) is 23.4 Å². The number of nitrogen functional groups attached to an aromatic ring is 1. The van der Waals surface area contributed by atoms with Crippen LogP contribution in [0.15, 0.2) is 24.3 Å². The summed E-state index contributed by atoms with van der Waals surface area (Å²) in [6, 6.07) is 6.57. The molecule has 1 aromatic carbocycles. The maximum absolute atomic E-state index is 13.6. The SMILES string of the molecule is CCC[C@H](C(=O)NC1CCCC1)N(Cc1ccccc1Cl)C(=O)c1snc(C(N)=O)c1N. The molecule has 1 aliphatic rings. The Morgan fingerprint density at radius 3 is 2.56 bits per heavy atom. The fourth-order valence-electron chi connectivity index (χ4n) is 3.96. The number of rotatable bonds is 9. The predicted molar refractivity (Wildman–Crippen MR) is 125 cm³/mol. The monoisotopic (exact) mass is 477 g/mol. The Kier molecular flexibility index (Phi) is 8.09. The van der Waals surface area contributed by atoms with Crippen LogP contribution in [0.1, 0.15) is 71.2 Å². The molecule has 3 amide bonds. The lowest BCUT2D eigenvalue weighted by atomic mass is 10.1. The first-order chi connectivity index (χ1) is 15.3. The molecule has 0 saturated heterocycles. The molecule has 1 aromatic heterocycles. The quantitative estimate of drug-likeness (QED) is 0.509. The van der Waals surface area contributed by atoms with E-state index in [2.05, 4.69) is 9.69 Å². The number of carbonyl (C=O) groups excluding carboxylic acids is 3. The number of benzene rings is 1. The summed E-state index contributed by atoms with van der Waals surface area (Å²) in [6.45, 7) is 2.07. The molecule has 10 heteroatoms. The van der Waals surface area contributed by atoms with Crippen molar-refractivity contribution in [2.45, 2.75) is 64.1 Å². The van der Waals surface area contributed by atoms with Crippen molar-refractivity contribution in [3.05, 3.63) is 45.4 Å². The number of hydrogen-bond acceptors (Lipinski definition) is 6. The smallest absolute Gasteiger partial charge is 0.270 e. The van der Waals surface area contributed by atoms with Crippen LogP contribution in [-0.4, -0.2) is 39.1 Å². The van der Waals surface area contributed by atoms with Gasteiger partial charge in [0, 0.05) is 17.6 Å². The Labute approximate surface area is 196 Å². The van der Waals surface area contributed by atoms with Crippen LogP contribution in [0.4, 0.5) is 5.69 Å². The number of nitrogens with zero attached hydrogens (tertiary/aromatic N) is 2. The molecule has 1 aliphatic carbocycles. The predicted octanol–water partition coefficient (Wildman–Crippen LogP) is 3.35. The third-order valence-corrected chi connectivity index (χ3v) is 6.88. The molecular formula is C22H28ClN5O3S. The van der Waals surface area contributed by atoms with Crippen LogP contribution >= 0.6 is 23.1 Å². The van der Waals surface area contributed by atoms with E-state index in [0.717, 1.165) is 37.2 Å². The summed E-state index contributed by atoms with van der Waals surface area (Å²) in [5.41, 5.74) is 11.8. The number of halogens is 1. The molecular weight excluding hydrogens is 450 g/mol. The zero-order valence-corrected chi connectivity index (χ0v) is 19.5. The molecule has 0 spiro atoms. The first kappa shape index (κ1) is 24.0. The minimum atomic E-state index is -0.806. The molecule has 0 bridgehead atoms. The van der Waals surface area contributed by atoms with E-state index < -0.39 is 17.9 Å². The molecule has 5 N–H and O–H groups in total. The van der Waals surface area contributed by atoms with E-state index in [1.165, 1.54) is 4.90 Å². The highest BCUT2D eigenvalue weighted by Gasteiger charge is 2.34. The van der Waals surface area contributed by atoms with Gasteiger partial charge >= 0.3 is 0 Å². The lowest BCUT2D eigenvalue weighted by Gasteiger charge is -2.32. The molecule has 3 rings (SSSR count). The summed E-state index contributed by atoms with van der Waals surface area (Å²) >= 11 is 7.16. The van der Waals surface area contributed by atoms with Gasteiger partial charge in [-0.15, -0.1) is 0 Å². The third-order valence-electron chi connectivity index (χ3n) is 5.66. The van der Waals surface area contributed by atoms with Crippen molar-refractivity contribution in [2.24, 2.45) is 5.73 Å². The zero-order chi connectivity index (χ0) is 23.3. The van der Waals surface area contributed by atoms with Gasteiger partial charge in [-0.1, -0.05) is 56.0 Å². The maximum Gasteiger partial charge on any atom is 0.270 e. The summed E-state index contributed by atoms with van der Waals surface area (Å²) in [4.78, 5) is 40.0. The van der Waals surface area contributed by atoms with Gasteiger partial charge in [0.25, 0.3) is 11.8 Å². The zero-order valence-electron chi connectivity index (χ0n) is 18.0. The van der Waals surface area contributed by atoms with Gasteiger partial charge in [0.2, 0.25) is 5.91 Å². The van der Waals surface area contributed by atoms with Gasteiger partial charge in [-0.05, 0) is 42.4 Å². The Hall–Kier alpha value is -2.65. The van der Waals surface area contributed by atoms with Crippen molar-refractivity contribution < 1.29 is 14.4 Å². The first-order valence-corrected chi connectivity index (χ1v) is 11.9. The van der Waals surface area contributed by atoms with E-state index in [1.54, 1.807) is 12.1 Å². The summed E-state index contributed by atoms with van der Waals surface area (Å²) in [5, 5.41) is 3.60. The number of nitrogens with one attached hydrogen (secondary N) is 1.